The molecule has 64 valence electrons. The van der Waals surface area contributed by atoms with Crippen molar-refractivity contribution in [2.75, 3.05) is 13.1 Å². The van der Waals surface area contributed by atoms with Crippen molar-refractivity contribution < 1.29 is 0 Å². The van der Waals surface area contributed by atoms with Gasteiger partial charge < -0.3 is 11.5 Å². The van der Waals surface area contributed by atoms with Crippen LogP contribution < -0.4 is 11.5 Å². The molecule has 0 saturated heterocycles. The monoisotopic (exact) mass is 146 g/mol. The predicted molar refractivity (Wildman–Crippen MR) is 47.8 cm³/mol. The number of rotatable bonds is 4. The lowest BCUT2D eigenvalue weighted by atomic mass is 9.98. The summed E-state index contributed by atoms with van der Waals surface area (Å²) in [6.07, 6.45) is 1.16. The van der Waals surface area contributed by atoms with Gasteiger partial charge in [-0.05, 0) is 31.3 Å². The molecule has 0 saturated carbocycles. The molecular weight excluding hydrogens is 124 g/mol. The van der Waals surface area contributed by atoms with E-state index in [4.69, 9.17) is 11.5 Å². The average molecular weight is 146 g/mol. The van der Waals surface area contributed by atoms with Crippen LogP contribution in [0.4, 0.5) is 0 Å². The summed E-state index contributed by atoms with van der Waals surface area (Å²) in [6, 6.07) is 0. The van der Waals surface area contributed by atoms with Gasteiger partial charge >= 0.3 is 0 Å². The topological polar surface area (TPSA) is 52.0 Å². The lowest BCUT2D eigenvalue weighted by molar-refractivity contribution is 0.428. The summed E-state index contributed by atoms with van der Waals surface area (Å²) in [6.45, 7) is 5.88. The summed E-state index contributed by atoms with van der Waals surface area (Å²) in [5.41, 5.74) is 10.9. The molecule has 0 heterocycles. The maximum atomic E-state index is 5.43. The summed E-state index contributed by atoms with van der Waals surface area (Å²) in [4.78, 5) is 0. The molecule has 2 atom stereocenters. The molecule has 0 aromatic heterocycles. The lowest BCUT2D eigenvalue weighted by Gasteiger charge is -2.12. The van der Waals surface area contributed by atoms with Gasteiger partial charge in [-0.2, -0.15) is 0 Å². The second-order valence-electron chi connectivity index (χ2n) is 2.92. The van der Waals surface area contributed by atoms with Crippen molar-refractivity contribution >= 4 is 0 Å². The van der Waals surface area contributed by atoms with Crippen LogP contribution in [0.2, 0.25) is 0 Å². The van der Waals surface area contributed by atoms with Crippen molar-refractivity contribution in [3.63, 3.8) is 0 Å². The van der Waals surface area contributed by atoms with E-state index in [9.17, 15) is 0 Å². The molecule has 0 amide bonds. The fourth-order valence-electron chi connectivity index (χ4n) is 0.879. The van der Waals surface area contributed by atoms with E-state index in [-0.39, 0.29) is 7.43 Å². The van der Waals surface area contributed by atoms with Gasteiger partial charge in [0.1, 0.15) is 0 Å². The summed E-state index contributed by atoms with van der Waals surface area (Å²) in [7, 11) is 0. The minimum Gasteiger partial charge on any atom is -0.330 e. The predicted octanol–water partition coefficient (Wildman–Crippen LogP) is 1.20. The fourth-order valence-corrected chi connectivity index (χ4v) is 0.879. The summed E-state index contributed by atoms with van der Waals surface area (Å²) >= 11 is 0. The largest absolute Gasteiger partial charge is 0.330 e. The maximum absolute atomic E-state index is 5.43. The first-order chi connectivity index (χ1) is 4.20. The molecule has 0 aromatic rings. The van der Waals surface area contributed by atoms with E-state index in [1.165, 1.54) is 0 Å². The molecule has 0 fully saturated rings. The minimum absolute atomic E-state index is 0. The number of hydrogen-bond donors (Lipinski definition) is 2. The maximum Gasteiger partial charge on any atom is -0.00514 e. The summed E-state index contributed by atoms with van der Waals surface area (Å²) in [5, 5.41) is 0. The van der Waals surface area contributed by atoms with Crippen molar-refractivity contribution in [2.45, 2.75) is 27.7 Å². The average Bonchev–Trinajstić information content (AvgIpc) is 1.87. The molecule has 4 N–H and O–H groups in total. The van der Waals surface area contributed by atoms with Gasteiger partial charge in [0.05, 0.1) is 0 Å². The highest BCUT2D eigenvalue weighted by molar-refractivity contribution is 4.59. The van der Waals surface area contributed by atoms with Gasteiger partial charge in [-0.3, -0.25) is 0 Å². The second-order valence-corrected chi connectivity index (χ2v) is 2.92. The molecule has 0 aliphatic heterocycles. The van der Waals surface area contributed by atoms with E-state index < -0.39 is 0 Å². The zero-order valence-corrected chi connectivity index (χ0v) is 6.43. The zero-order chi connectivity index (χ0) is 7.28. The first-order valence-electron chi connectivity index (χ1n) is 3.60. The third-order valence-electron chi connectivity index (χ3n) is 1.61. The minimum atomic E-state index is 0. The molecule has 0 aliphatic carbocycles. The summed E-state index contributed by atoms with van der Waals surface area (Å²) in [5.74, 6) is 1.26. The smallest absolute Gasteiger partial charge is 0.00514 e. The third-order valence-corrected chi connectivity index (χ3v) is 1.61. The fraction of sp³-hybridized carbons (Fsp3) is 1.00. The molecule has 10 heavy (non-hydrogen) atoms. The van der Waals surface area contributed by atoms with Crippen LogP contribution in [-0.2, 0) is 0 Å². The van der Waals surface area contributed by atoms with Crippen molar-refractivity contribution in [1.82, 2.24) is 0 Å². The van der Waals surface area contributed by atoms with E-state index in [1.807, 2.05) is 0 Å². The van der Waals surface area contributed by atoms with Crippen LogP contribution in [0, 0.1) is 11.8 Å². The highest BCUT2D eigenvalue weighted by Crippen LogP contribution is 2.07. The lowest BCUT2D eigenvalue weighted by Crippen LogP contribution is -2.18. The van der Waals surface area contributed by atoms with E-state index in [2.05, 4.69) is 13.8 Å². The van der Waals surface area contributed by atoms with Crippen LogP contribution in [0.25, 0.3) is 0 Å². The van der Waals surface area contributed by atoms with Gasteiger partial charge in [0.25, 0.3) is 0 Å². The number of nitrogens with two attached hydrogens (primary N) is 2. The van der Waals surface area contributed by atoms with E-state index in [0.29, 0.717) is 11.8 Å². The van der Waals surface area contributed by atoms with Crippen LogP contribution in [0.15, 0.2) is 0 Å². The van der Waals surface area contributed by atoms with Gasteiger partial charge in [-0.25, -0.2) is 0 Å². The quantitative estimate of drug-likeness (QED) is 0.626. The highest BCUT2D eigenvalue weighted by Gasteiger charge is 2.03. The Bertz CT molecular complexity index is 56.3. The van der Waals surface area contributed by atoms with Crippen LogP contribution >= 0.6 is 0 Å². The van der Waals surface area contributed by atoms with Crippen LogP contribution in [0.3, 0.4) is 0 Å². The van der Waals surface area contributed by atoms with Gasteiger partial charge in [-0.15, -0.1) is 0 Å². The molecule has 0 radical (unpaired) electrons. The van der Waals surface area contributed by atoms with Crippen molar-refractivity contribution in [3.05, 3.63) is 0 Å². The molecule has 2 nitrogen and oxygen atoms in total. The molecule has 2 unspecified atom stereocenters. The van der Waals surface area contributed by atoms with Gasteiger partial charge in [-0.1, -0.05) is 21.3 Å². The Morgan fingerprint density at radius 2 is 1.30 bits per heavy atom. The van der Waals surface area contributed by atoms with Crippen molar-refractivity contribution in [1.29, 1.82) is 0 Å². The van der Waals surface area contributed by atoms with Gasteiger partial charge in [0.2, 0.25) is 0 Å². The van der Waals surface area contributed by atoms with Gasteiger partial charge in [0, 0.05) is 0 Å². The van der Waals surface area contributed by atoms with Crippen molar-refractivity contribution in [2.24, 2.45) is 23.3 Å². The van der Waals surface area contributed by atoms with Crippen molar-refractivity contribution in [3.8, 4) is 0 Å². The van der Waals surface area contributed by atoms with Crippen LogP contribution in [0.5, 0.6) is 0 Å². The Balaban J connectivity index is 0. The SMILES string of the molecule is C.CC(CN)CC(C)CN. The Morgan fingerprint density at radius 3 is 1.50 bits per heavy atom. The molecule has 0 rings (SSSR count). The second kappa shape index (κ2) is 7.03. The summed E-state index contributed by atoms with van der Waals surface area (Å²) < 4.78 is 0. The first kappa shape index (κ1) is 12.6. The molecule has 0 spiro atoms. The molecule has 2 heteroatoms. The Kier molecular flexibility index (Phi) is 8.85. The van der Waals surface area contributed by atoms with Gasteiger partial charge in [0.15, 0.2) is 0 Å². The van der Waals surface area contributed by atoms with E-state index in [0.717, 1.165) is 19.5 Å². The molecule has 0 bridgehead atoms. The Morgan fingerprint density at radius 1 is 1.00 bits per heavy atom. The van der Waals surface area contributed by atoms with Crippen LogP contribution in [0.1, 0.15) is 27.7 Å². The Labute approximate surface area is 65.0 Å². The van der Waals surface area contributed by atoms with E-state index in [1.54, 1.807) is 0 Å². The zero-order valence-electron chi connectivity index (χ0n) is 6.43. The van der Waals surface area contributed by atoms with E-state index >= 15 is 0 Å². The van der Waals surface area contributed by atoms with Crippen LogP contribution in [-0.4, -0.2) is 13.1 Å². The number of hydrogen-bond acceptors (Lipinski definition) is 2. The highest BCUT2D eigenvalue weighted by atomic mass is 14.6. The third kappa shape index (κ3) is 6.05. The molecule has 0 aliphatic rings. The Hall–Kier alpha value is -0.0800. The first-order valence-corrected chi connectivity index (χ1v) is 3.60. The normalized spacial score (nSPS) is 15.6. The standard InChI is InChI=1S/C7H18N2.CH4/c1-6(4-8)3-7(2)5-9;/h6-7H,3-5,8-9H2,1-2H3;1H4. The molecule has 0 aromatic carbocycles. The molecular formula is C8H22N2.